The van der Waals surface area contributed by atoms with Crippen LogP contribution in [0.5, 0.6) is 5.75 Å². The molecule has 2 fully saturated rings. The molecule has 41 heteroatoms. The van der Waals surface area contributed by atoms with Crippen molar-refractivity contribution in [2.24, 2.45) is 23.7 Å². The number of aromatic nitrogens is 2. The van der Waals surface area contributed by atoms with Crippen molar-refractivity contribution in [3.8, 4) is 5.75 Å². The van der Waals surface area contributed by atoms with Crippen molar-refractivity contribution in [1.82, 2.24) is 89.3 Å². The number of benzene rings is 2. The largest absolute Gasteiger partial charge is 0.508 e. The Morgan fingerprint density at radius 2 is 0.916 bits per heavy atom. The standard InChI is InChI=1S/C78H115N17O22S2/c1-40(2)26-50(65(103)81-35-62(98)83-60(38-119)78(116)117)85-68(106)51(27-41(3)4)86-67(105)49(22-23-63(99)100)84-75(113)59(37-118)94-76(114)61-17-13-25-95(61)77(115)57(31-45-18-20-47(97)21-19-45)92-70(108)53(29-43(7)8)87-69(107)52(28-42(5)6)88-74(112)58(36-96)93-73(111)56(33-64(101)102)91-71(109)54(30-44-14-10-9-11-15-44)89-72(110)55(32-46-34-79-39-82-46)90-66(104)48-16-12-24-80-48/h9-11,14-15,18-21,34,39-43,48-61,80,96-97,118-119H,12-13,16-17,22-33,35-38H2,1-8H3,(H,79,82)(H,81,103)(H,83,98)(H,84,113)(H,85,106)(H,86,105)(H,87,107)(H,88,112)(H,89,110)(H,90,104)(H,91,109)(H,92,108)(H,93,111)(H,94,114)(H,99,100)(H,101,102)(H,116,117)/t48-,49-,50-,51-,52-,53-,54-,55-,56-,57-,58-,59-,60-,61-/m0/s1. The number of phenolic OH excluding ortho intramolecular Hbond substituents is 1. The third kappa shape index (κ3) is 33.8. The van der Waals surface area contributed by atoms with Gasteiger partial charge in [0, 0.05) is 55.6 Å². The summed E-state index contributed by atoms with van der Waals surface area (Å²) < 4.78 is 0. The van der Waals surface area contributed by atoms with Crippen molar-refractivity contribution in [1.29, 1.82) is 0 Å². The number of nitrogens with one attached hydrogen (secondary N) is 15. The van der Waals surface area contributed by atoms with Crippen LogP contribution in [0.1, 0.15) is 143 Å². The molecule has 39 nitrogen and oxygen atoms in total. The summed E-state index contributed by atoms with van der Waals surface area (Å²) in [6.45, 7) is 12.5. The first-order valence-electron chi connectivity index (χ1n) is 39.5. The first-order valence-corrected chi connectivity index (χ1v) is 40.8. The zero-order valence-corrected chi connectivity index (χ0v) is 69.6. The third-order valence-electron chi connectivity index (χ3n) is 19.3. The zero-order valence-electron chi connectivity index (χ0n) is 67.9. The number of rotatable bonds is 50. The van der Waals surface area contributed by atoms with Gasteiger partial charge in [-0.05, 0) is 111 Å². The molecule has 3 aromatic rings. The number of thiol groups is 2. The van der Waals surface area contributed by atoms with Gasteiger partial charge in [-0.25, -0.2) is 9.78 Å². The van der Waals surface area contributed by atoms with Crippen molar-refractivity contribution in [2.75, 3.05) is 37.7 Å². The second kappa shape index (κ2) is 49.4. The fraction of sp³-hybridized carbons (Fsp3) is 0.590. The van der Waals surface area contributed by atoms with Gasteiger partial charge in [-0.2, -0.15) is 25.3 Å². The predicted octanol–water partition coefficient (Wildman–Crippen LogP) is -2.72. The third-order valence-corrected chi connectivity index (χ3v) is 20.0. The highest BCUT2D eigenvalue weighted by molar-refractivity contribution is 7.80. The van der Waals surface area contributed by atoms with Crippen LogP contribution in [0.4, 0.5) is 0 Å². The second-order valence-electron chi connectivity index (χ2n) is 31.1. The van der Waals surface area contributed by atoms with E-state index in [2.05, 4.69) is 110 Å². The Balaban J connectivity index is 1.32. The van der Waals surface area contributed by atoms with Gasteiger partial charge in [0.05, 0.1) is 31.9 Å². The number of carboxylic acids is 3. The molecule has 0 unspecified atom stereocenters. The minimum atomic E-state index is -1.97. The lowest BCUT2D eigenvalue weighted by molar-refractivity contribution is -0.142. The van der Waals surface area contributed by atoms with E-state index in [0.717, 1.165) is 0 Å². The average Bonchev–Trinajstić information content (AvgIpc) is 1.76. The summed E-state index contributed by atoms with van der Waals surface area (Å²) in [5.41, 5.74) is 1.38. The van der Waals surface area contributed by atoms with Crippen LogP contribution in [0, 0.1) is 23.7 Å². The number of aromatic hydroxyl groups is 1. The summed E-state index contributed by atoms with van der Waals surface area (Å²) in [5.74, 6) is -19.4. The highest BCUT2D eigenvalue weighted by Crippen LogP contribution is 2.23. The molecule has 14 amide bonds. The molecule has 0 spiro atoms. The zero-order chi connectivity index (χ0) is 88.3. The maximum absolute atomic E-state index is 15.1. The molecule has 2 aromatic carbocycles. The van der Waals surface area contributed by atoms with E-state index in [1.165, 1.54) is 41.7 Å². The Kier molecular flexibility index (Phi) is 41.0. The molecule has 1 aromatic heterocycles. The van der Waals surface area contributed by atoms with E-state index < -0.39 is 223 Å². The van der Waals surface area contributed by atoms with Crippen LogP contribution in [-0.4, -0.2) is 263 Å². The van der Waals surface area contributed by atoms with E-state index in [-0.39, 0.29) is 99.5 Å². The van der Waals surface area contributed by atoms with E-state index >= 15 is 4.79 Å². The Hall–Kier alpha value is -10.9. The number of aliphatic hydroxyl groups is 1. The van der Waals surface area contributed by atoms with Gasteiger partial charge in [0.1, 0.15) is 84.3 Å². The first-order chi connectivity index (χ1) is 56.3. The minimum Gasteiger partial charge on any atom is -0.508 e. The van der Waals surface area contributed by atoms with Gasteiger partial charge < -0.3 is 110 Å². The number of amides is 14. The number of phenols is 1. The molecular formula is C78H115N17O22S2. The van der Waals surface area contributed by atoms with Crippen LogP contribution in [0.3, 0.4) is 0 Å². The molecule has 3 heterocycles. The summed E-state index contributed by atoms with van der Waals surface area (Å²) in [4.78, 5) is 242. The van der Waals surface area contributed by atoms with E-state index in [0.29, 0.717) is 36.2 Å². The number of aliphatic hydroxyl groups excluding tert-OH is 1. The lowest BCUT2D eigenvalue weighted by Gasteiger charge is -2.31. The van der Waals surface area contributed by atoms with Crippen LogP contribution in [0.2, 0.25) is 0 Å². The highest BCUT2D eigenvalue weighted by atomic mass is 32.1. The summed E-state index contributed by atoms with van der Waals surface area (Å²) in [6.07, 6.45) is 1.19. The molecule has 2 aliphatic heterocycles. The number of carboxylic acid groups (broad SMARTS) is 3. The van der Waals surface area contributed by atoms with Crippen molar-refractivity contribution in [2.45, 2.75) is 230 Å². The van der Waals surface area contributed by atoms with Gasteiger partial charge in [-0.1, -0.05) is 97.9 Å². The summed E-state index contributed by atoms with van der Waals surface area (Å²) in [6, 6.07) is -6.45. The summed E-state index contributed by atoms with van der Waals surface area (Å²) >= 11 is 8.22. The number of aliphatic carboxylic acids is 3. The SMILES string of the molecule is CC(C)C[C@H](NC(=O)[C@H](CC(C)C)NC(=O)[C@H](CCC(=O)O)NC(=O)[C@H](CS)NC(=O)[C@@H]1CCCN1C(=O)[C@H](Cc1ccc(O)cc1)NC(=O)[C@H](CC(C)C)NC(=O)[C@H](CC(C)C)NC(=O)[C@H](CO)NC(=O)[C@H](CC(=O)O)NC(=O)[C@H](Cc1ccccc1)NC(=O)[C@H](Cc1cnc[nH]1)NC(=O)[C@@H]1CCCN1)C(=O)NCC(=O)N[C@@H](CS)C(=O)O. The Labute approximate surface area is 699 Å². The minimum absolute atomic E-state index is 0.0173. The van der Waals surface area contributed by atoms with E-state index in [1.54, 1.807) is 85.7 Å². The molecule has 2 aliphatic rings. The number of H-pyrrole nitrogens is 1. The maximum atomic E-state index is 15.1. The first kappa shape index (κ1) is 98.6. The lowest BCUT2D eigenvalue weighted by atomic mass is 9.98. The Morgan fingerprint density at radius 3 is 1.40 bits per heavy atom. The monoisotopic (exact) mass is 1710 g/mol. The maximum Gasteiger partial charge on any atom is 0.327 e. The number of aromatic amines is 1. The van der Waals surface area contributed by atoms with Crippen molar-refractivity contribution in [3.63, 3.8) is 0 Å². The molecule has 0 bridgehead atoms. The molecule has 0 radical (unpaired) electrons. The number of carbonyl (C=O) groups excluding carboxylic acids is 14. The fourth-order valence-electron chi connectivity index (χ4n) is 13.2. The van der Waals surface area contributed by atoms with Gasteiger partial charge in [0.25, 0.3) is 0 Å². The number of nitrogens with zero attached hydrogens (tertiary/aromatic N) is 2. The van der Waals surface area contributed by atoms with Crippen LogP contribution in [0.15, 0.2) is 67.1 Å². The molecule has 14 atom stereocenters. The topological polar surface area (TPSA) is 592 Å². The van der Waals surface area contributed by atoms with Gasteiger partial charge in [0.2, 0.25) is 82.7 Å². The van der Waals surface area contributed by atoms with Crippen LogP contribution >= 0.6 is 25.3 Å². The van der Waals surface area contributed by atoms with Crippen molar-refractivity contribution in [3.05, 3.63) is 83.9 Å². The summed E-state index contributed by atoms with van der Waals surface area (Å²) in [5, 5.41) is 85.7. The molecule has 5 rings (SSSR count). The van der Waals surface area contributed by atoms with Crippen LogP contribution in [-0.2, 0) is 101 Å². The van der Waals surface area contributed by atoms with Gasteiger partial charge in [-0.3, -0.25) is 76.7 Å². The number of likely N-dealkylation sites (tertiary alicyclic amines) is 1. The highest BCUT2D eigenvalue weighted by Gasteiger charge is 2.42. The number of carbonyl (C=O) groups is 17. The number of hydrogen-bond donors (Lipinski definition) is 22. The Morgan fingerprint density at radius 1 is 0.471 bits per heavy atom. The average molecular weight is 1710 g/mol. The fourth-order valence-corrected chi connectivity index (χ4v) is 13.7. The molecule has 2 saturated heterocycles. The quantitative estimate of drug-likeness (QED) is 0.0255. The molecule has 656 valence electrons. The molecule has 0 saturated carbocycles. The molecule has 20 N–H and O–H groups in total. The normalized spacial score (nSPS) is 16.8. The molecular weight excluding hydrogens is 1590 g/mol. The van der Waals surface area contributed by atoms with E-state index in [4.69, 9.17) is 0 Å². The van der Waals surface area contributed by atoms with Gasteiger partial charge in [0.15, 0.2) is 0 Å². The number of hydrogen-bond acceptors (Lipinski definition) is 23. The van der Waals surface area contributed by atoms with Gasteiger partial charge in [-0.15, -0.1) is 0 Å². The van der Waals surface area contributed by atoms with Crippen LogP contribution in [0.25, 0.3) is 0 Å². The predicted molar refractivity (Wildman–Crippen MR) is 436 cm³/mol. The van der Waals surface area contributed by atoms with Crippen molar-refractivity contribution >= 4 is 126 Å². The van der Waals surface area contributed by atoms with E-state index in [1.807, 2.05) is 0 Å². The van der Waals surface area contributed by atoms with Crippen molar-refractivity contribution < 1.29 is 107 Å². The smallest absolute Gasteiger partial charge is 0.327 e. The van der Waals surface area contributed by atoms with Gasteiger partial charge >= 0.3 is 17.9 Å². The lowest BCUT2D eigenvalue weighted by Crippen LogP contribution is -2.61. The second-order valence-corrected chi connectivity index (χ2v) is 31.9. The Bertz CT molecular complexity index is 3970. The summed E-state index contributed by atoms with van der Waals surface area (Å²) in [7, 11) is 0. The number of imidazole rings is 1. The van der Waals surface area contributed by atoms with E-state index in [9.17, 15) is 102 Å². The molecule has 0 aliphatic carbocycles. The molecule has 119 heavy (non-hydrogen) atoms. The van der Waals surface area contributed by atoms with Crippen LogP contribution < -0.4 is 74.4 Å².